The van der Waals surface area contributed by atoms with Crippen LogP contribution in [-0.4, -0.2) is 27.0 Å². The molecule has 1 unspecified atom stereocenters. The van der Waals surface area contributed by atoms with Crippen molar-refractivity contribution in [2.75, 3.05) is 6.61 Å². The largest absolute Gasteiger partial charge is 0.393 e. The molecule has 0 aliphatic heterocycles. The van der Waals surface area contributed by atoms with Crippen LogP contribution >= 0.6 is 0 Å². The van der Waals surface area contributed by atoms with E-state index >= 15 is 0 Å². The first-order valence-corrected chi connectivity index (χ1v) is 3.58. The standard InChI is InChI=1S/C8H13NO2/c1-8(11,7-10)6-9-4-2-3-5-9/h2-5,10-11H,6-7H2,1H3. The summed E-state index contributed by atoms with van der Waals surface area (Å²) >= 11 is 0. The zero-order chi connectivity index (χ0) is 8.32. The van der Waals surface area contributed by atoms with Crippen LogP contribution in [0, 0.1) is 0 Å². The molecule has 1 heterocycles. The summed E-state index contributed by atoms with van der Waals surface area (Å²) in [6, 6.07) is 3.76. The van der Waals surface area contributed by atoms with Gasteiger partial charge in [0.15, 0.2) is 0 Å². The van der Waals surface area contributed by atoms with Gasteiger partial charge in [-0.15, -0.1) is 0 Å². The van der Waals surface area contributed by atoms with Crippen LogP contribution in [-0.2, 0) is 6.54 Å². The van der Waals surface area contributed by atoms with Crippen LogP contribution in [0.4, 0.5) is 0 Å². The fourth-order valence-electron chi connectivity index (χ4n) is 0.919. The molecule has 1 rings (SSSR count). The van der Waals surface area contributed by atoms with Crippen molar-refractivity contribution in [3.05, 3.63) is 24.5 Å². The summed E-state index contributed by atoms with van der Waals surface area (Å²) in [4.78, 5) is 0. The van der Waals surface area contributed by atoms with Crippen LogP contribution in [0.3, 0.4) is 0 Å². The van der Waals surface area contributed by atoms with Crippen molar-refractivity contribution in [2.45, 2.75) is 19.1 Å². The Balaban J connectivity index is 2.56. The second-order valence-corrected chi connectivity index (χ2v) is 3.01. The molecule has 0 spiro atoms. The van der Waals surface area contributed by atoms with Gasteiger partial charge in [0.05, 0.1) is 13.2 Å². The average Bonchev–Trinajstić information content (AvgIpc) is 2.39. The third-order valence-electron chi connectivity index (χ3n) is 1.53. The Labute approximate surface area is 65.9 Å². The van der Waals surface area contributed by atoms with Crippen molar-refractivity contribution in [2.24, 2.45) is 0 Å². The zero-order valence-corrected chi connectivity index (χ0v) is 6.57. The van der Waals surface area contributed by atoms with Gasteiger partial charge in [-0.05, 0) is 19.1 Å². The highest BCUT2D eigenvalue weighted by molar-refractivity contribution is 4.92. The fourth-order valence-corrected chi connectivity index (χ4v) is 0.919. The SMILES string of the molecule is CC(O)(CO)Cn1cccc1. The van der Waals surface area contributed by atoms with Gasteiger partial charge in [-0.2, -0.15) is 0 Å². The van der Waals surface area contributed by atoms with Crippen LogP contribution in [0.1, 0.15) is 6.92 Å². The van der Waals surface area contributed by atoms with E-state index in [0.717, 1.165) is 0 Å². The molecule has 1 aromatic heterocycles. The predicted molar refractivity (Wildman–Crippen MR) is 42.1 cm³/mol. The molecule has 0 aliphatic rings. The Kier molecular flexibility index (Phi) is 2.31. The first-order chi connectivity index (χ1) is 5.14. The van der Waals surface area contributed by atoms with Gasteiger partial charge in [0, 0.05) is 12.4 Å². The van der Waals surface area contributed by atoms with Crippen LogP contribution in [0.15, 0.2) is 24.5 Å². The minimum absolute atomic E-state index is 0.217. The number of aromatic nitrogens is 1. The smallest absolute Gasteiger partial charge is 0.103 e. The molecule has 11 heavy (non-hydrogen) atoms. The second-order valence-electron chi connectivity index (χ2n) is 3.01. The molecule has 0 aliphatic carbocycles. The summed E-state index contributed by atoms with van der Waals surface area (Å²) in [7, 11) is 0. The van der Waals surface area contributed by atoms with Crippen molar-refractivity contribution in [3.8, 4) is 0 Å². The van der Waals surface area contributed by atoms with Crippen LogP contribution in [0.5, 0.6) is 0 Å². The highest BCUT2D eigenvalue weighted by atomic mass is 16.3. The lowest BCUT2D eigenvalue weighted by molar-refractivity contribution is -0.0119. The first-order valence-electron chi connectivity index (χ1n) is 3.58. The zero-order valence-electron chi connectivity index (χ0n) is 6.57. The summed E-state index contributed by atoms with van der Waals surface area (Å²) in [5.41, 5.74) is -1.01. The molecule has 0 fully saturated rings. The van der Waals surface area contributed by atoms with Crippen molar-refractivity contribution in [1.29, 1.82) is 0 Å². The third kappa shape index (κ3) is 2.37. The van der Waals surface area contributed by atoms with Crippen molar-refractivity contribution >= 4 is 0 Å². The van der Waals surface area contributed by atoms with E-state index in [9.17, 15) is 5.11 Å². The summed E-state index contributed by atoms with van der Waals surface area (Å²) in [6.07, 6.45) is 3.70. The predicted octanol–water partition coefficient (Wildman–Crippen LogP) is 0.231. The average molecular weight is 155 g/mol. The lowest BCUT2D eigenvalue weighted by atomic mass is 10.1. The molecular formula is C8H13NO2. The Bertz CT molecular complexity index is 204. The minimum atomic E-state index is -1.01. The van der Waals surface area contributed by atoms with E-state index in [1.54, 1.807) is 6.92 Å². The molecule has 62 valence electrons. The topological polar surface area (TPSA) is 45.4 Å². The van der Waals surface area contributed by atoms with Gasteiger partial charge in [0.1, 0.15) is 5.60 Å². The van der Waals surface area contributed by atoms with Crippen molar-refractivity contribution < 1.29 is 10.2 Å². The maximum Gasteiger partial charge on any atom is 0.103 e. The number of nitrogens with zero attached hydrogens (tertiary/aromatic N) is 1. The summed E-state index contributed by atoms with van der Waals surface area (Å²) in [5.74, 6) is 0. The molecular weight excluding hydrogens is 142 g/mol. The summed E-state index contributed by atoms with van der Waals surface area (Å²) < 4.78 is 1.83. The van der Waals surface area contributed by atoms with Gasteiger partial charge in [0.2, 0.25) is 0 Å². The monoisotopic (exact) mass is 155 g/mol. The van der Waals surface area contributed by atoms with Crippen LogP contribution in [0.25, 0.3) is 0 Å². The molecule has 0 radical (unpaired) electrons. The normalized spacial score (nSPS) is 16.3. The van der Waals surface area contributed by atoms with E-state index in [-0.39, 0.29) is 6.61 Å². The van der Waals surface area contributed by atoms with Gasteiger partial charge < -0.3 is 14.8 Å². The molecule has 0 saturated heterocycles. The quantitative estimate of drug-likeness (QED) is 0.656. The van der Waals surface area contributed by atoms with E-state index in [2.05, 4.69) is 0 Å². The number of hydrogen-bond acceptors (Lipinski definition) is 2. The lowest BCUT2D eigenvalue weighted by Gasteiger charge is -2.20. The number of hydrogen-bond donors (Lipinski definition) is 2. The van der Waals surface area contributed by atoms with E-state index in [1.807, 2.05) is 29.1 Å². The molecule has 0 amide bonds. The Hall–Kier alpha value is -0.800. The Morgan fingerprint density at radius 1 is 1.36 bits per heavy atom. The third-order valence-corrected chi connectivity index (χ3v) is 1.53. The molecule has 1 aromatic rings. The van der Waals surface area contributed by atoms with Crippen molar-refractivity contribution in [1.82, 2.24) is 4.57 Å². The lowest BCUT2D eigenvalue weighted by Crippen LogP contribution is -2.33. The van der Waals surface area contributed by atoms with Gasteiger partial charge in [-0.1, -0.05) is 0 Å². The van der Waals surface area contributed by atoms with E-state index in [1.165, 1.54) is 0 Å². The molecule has 3 nitrogen and oxygen atoms in total. The summed E-state index contributed by atoms with van der Waals surface area (Å²) in [5, 5.41) is 18.2. The van der Waals surface area contributed by atoms with E-state index in [4.69, 9.17) is 5.11 Å². The number of aliphatic hydroxyl groups excluding tert-OH is 1. The van der Waals surface area contributed by atoms with Crippen LogP contribution < -0.4 is 0 Å². The minimum Gasteiger partial charge on any atom is -0.393 e. The number of rotatable bonds is 3. The Morgan fingerprint density at radius 2 is 1.91 bits per heavy atom. The summed E-state index contributed by atoms with van der Waals surface area (Å²) in [6.45, 7) is 1.81. The molecule has 3 heteroatoms. The molecule has 1 atom stereocenters. The van der Waals surface area contributed by atoms with E-state index in [0.29, 0.717) is 6.54 Å². The fraction of sp³-hybridized carbons (Fsp3) is 0.500. The molecule has 0 bridgehead atoms. The highest BCUT2D eigenvalue weighted by Crippen LogP contribution is 2.05. The van der Waals surface area contributed by atoms with Crippen molar-refractivity contribution in [3.63, 3.8) is 0 Å². The van der Waals surface area contributed by atoms with Gasteiger partial charge in [-0.3, -0.25) is 0 Å². The first kappa shape index (κ1) is 8.30. The van der Waals surface area contributed by atoms with E-state index < -0.39 is 5.60 Å². The van der Waals surface area contributed by atoms with Gasteiger partial charge in [0.25, 0.3) is 0 Å². The maximum atomic E-state index is 9.42. The second kappa shape index (κ2) is 3.07. The number of aliphatic hydroxyl groups is 2. The highest BCUT2D eigenvalue weighted by Gasteiger charge is 2.18. The Morgan fingerprint density at radius 3 is 2.36 bits per heavy atom. The molecule has 0 saturated carbocycles. The molecule has 2 N–H and O–H groups in total. The van der Waals surface area contributed by atoms with Crippen LogP contribution in [0.2, 0.25) is 0 Å². The molecule has 0 aromatic carbocycles. The maximum absolute atomic E-state index is 9.42. The van der Waals surface area contributed by atoms with Gasteiger partial charge >= 0.3 is 0 Å². The van der Waals surface area contributed by atoms with Gasteiger partial charge in [-0.25, -0.2) is 0 Å².